The number of alkyl carbamates (subject to hydrolysis) is 1. The molecule has 9 nitrogen and oxygen atoms in total. The van der Waals surface area contributed by atoms with E-state index in [4.69, 9.17) is 4.74 Å². The molecule has 0 spiro atoms. The van der Waals surface area contributed by atoms with Crippen LogP contribution in [0.4, 0.5) is 18.0 Å². The van der Waals surface area contributed by atoms with Gasteiger partial charge in [-0.2, -0.15) is 13.2 Å². The van der Waals surface area contributed by atoms with Gasteiger partial charge in [-0.3, -0.25) is 4.79 Å². The first kappa shape index (κ1) is 33.0. The van der Waals surface area contributed by atoms with Crippen molar-refractivity contribution in [3.8, 4) is 0 Å². The summed E-state index contributed by atoms with van der Waals surface area (Å²) in [6, 6.07) is 15.7. The van der Waals surface area contributed by atoms with Gasteiger partial charge in [-0.25, -0.2) is 4.79 Å². The quantitative estimate of drug-likeness (QED) is 0.217. The summed E-state index contributed by atoms with van der Waals surface area (Å²) < 4.78 is 43.8. The molecule has 5 atom stereocenters. The van der Waals surface area contributed by atoms with Gasteiger partial charge in [-0.15, -0.1) is 0 Å². The lowest BCUT2D eigenvalue weighted by Gasteiger charge is -2.29. The van der Waals surface area contributed by atoms with Crippen LogP contribution >= 0.6 is 0 Å². The molecule has 6 N–H and O–H groups in total. The number of carbonyl (C=O) groups excluding carboxylic acids is 2. The van der Waals surface area contributed by atoms with Gasteiger partial charge in [0.2, 0.25) is 6.10 Å². The molecule has 2 rings (SSSR count). The highest BCUT2D eigenvalue weighted by molar-refractivity contribution is 5.81. The average Bonchev–Trinajstić information content (AvgIpc) is 2.86. The van der Waals surface area contributed by atoms with Gasteiger partial charge in [-0.05, 0) is 44.7 Å². The lowest BCUT2D eigenvalue weighted by atomic mass is 9.99. The molecule has 0 aliphatic carbocycles. The summed E-state index contributed by atoms with van der Waals surface area (Å²) in [5, 5.41) is 38.5. The molecule has 0 aliphatic heterocycles. The Morgan fingerprint density at radius 2 is 1.20 bits per heavy atom. The number of ether oxygens (including phenoxy) is 1. The first-order chi connectivity index (χ1) is 18.7. The van der Waals surface area contributed by atoms with Crippen molar-refractivity contribution in [1.29, 1.82) is 0 Å². The third kappa shape index (κ3) is 11.9. The number of carbonyl (C=O) groups is 2. The van der Waals surface area contributed by atoms with Crippen molar-refractivity contribution in [1.82, 2.24) is 16.0 Å². The zero-order valence-electron chi connectivity index (χ0n) is 22.7. The number of halogens is 3. The lowest BCUT2D eigenvalue weighted by Crippen LogP contribution is -2.55. The van der Waals surface area contributed by atoms with Gasteiger partial charge in [-0.1, -0.05) is 60.7 Å². The molecule has 0 aliphatic rings. The Morgan fingerprint density at radius 3 is 1.60 bits per heavy atom. The minimum absolute atomic E-state index is 0.0145. The first-order valence-electron chi connectivity index (χ1n) is 12.8. The van der Waals surface area contributed by atoms with E-state index in [0.29, 0.717) is 5.56 Å². The molecule has 1 unspecified atom stereocenters. The number of hydrogen-bond acceptors (Lipinski definition) is 7. The van der Waals surface area contributed by atoms with Crippen molar-refractivity contribution in [2.24, 2.45) is 0 Å². The summed E-state index contributed by atoms with van der Waals surface area (Å²) >= 11 is 0. The molecule has 0 radical (unpaired) electrons. The summed E-state index contributed by atoms with van der Waals surface area (Å²) in [6.07, 6.45) is -11.4. The van der Waals surface area contributed by atoms with Crippen LogP contribution in [0.2, 0.25) is 0 Å². The molecule has 2 aromatic rings. The van der Waals surface area contributed by atoms with Crippen molar-refractivity contribution in [2.45, 2.75) is 75.8 Å². The second-order valence-corrected chi connectivity index (χ2v) is 10.5. The number of aliphatic hydroxyl groups is 3. The average molecular weight is 570 g/mol. The maximum Gasteiger partial charge on any atom is 0.423 e. The molecule has 40 heavy (non-hydrogen) atoms. The van der Waals surface area contributed by atoms with E-state index >= 15 is 0 Å². The van der Waals surface area contributed by atoms with Crippen LogP contribution in [0.5, 0.6) is 0 Å². The number of rotatable bonds is 13. The number of aliphatic hydroxyl groups excluding tert-OH is 3. The predicted molar refractivity (Wildman–Crippen MR) is 142 cm³/mol. The van der Waals surface area contributed by atoms with E-state index < -0.39 is 54.2 Å². The van der Waals surface area contributed by atoms with Crippen LogP contribution in [-0.2, 0) is 22.4 Å². The van der Waals surface area contributed by atoms with Crippen molar-refractivity contribution in [3.63, 3.8) is 0 Å². The van der Waals surface area contributed by atoms with E-state index in [0.717, 1.165) is 5.56 Å². The molecule has 0 saturated carbocycles. The molecule has 0 fully saturated rings. The van der Waals surface area contributed by atoms with Gasteiger partial charge in [0.1, 0.15) is 5.60 Å². The van der Waals surface area contributed by atoms with Crippen LogP contribution in [0.25, 0.3) is 0 Å². The summed E-state index contributed by atoms with van der Waals surface area (Å²) in [6.45, 7) is 4.78. The molecule has 2 aromatic carbocycles. The third-order valence-electron chi connectivity index (χ3n) is 5.82. The monoisotopic (exact) mass is 569 g/mol. The van der Waals surface area contributed by atoms with E-state index in [-0.39, 0.29) is 25.9 Å². The number of benzene rings is 2. The molecule has 0 heterocycles. The van der Waals surface area contributed by atoms with Crippen LogP contribution in [0.1, 0.15) is 31.9 Å². The largest absolute Gasteiger partial charge is 0.444 e. The van der Waals surface area contributed by atoms with Gasteiger partial charge < -0.3 is 36.0 Å². The van der Waals surface area contributed by atoms with E-state index in [1.807, 2.05) is 30.3 Å². The SMILES string of the molecule is CC(C)(C)OC(=O)N[C@@H](Cc1ccccc1)[C@H](O)CNC[C@@H](O)[C@H](Cc1ccccc1)NC(=O)C(O)C(F)(F)F. The van der Waals surface area contributed by atoms with E-state index in [2.05, 4.69) is 16.0 Å². The third-order valence-corrected chi connectivity index (χ3v) is 5.82. The zero-order valence-corrected chi connectivity index (χ0v) is 22.7. The topological polar surface area (TPSA) is 140 Å². The second-order valence-electron chi connectivity index (χ2n) is 10.5. The van der Waals surface area contributed by atoms with Crippen molar-refractivity contribution >= 4 is 12.0 Å². The first-order valence-corrected chi connectivity index (χ1v) is 12.8. The summed E-state index contributed by atoms with van der Waals surface area (Å²) in [5.41, 5.74) is 0.724. The molecule has 2 amide bonds. The molecule has 222 valence electrons. The molecule has 0 aromatic heterocycles. The van der Waals surface area contributed by atoms with Crippen molar-refractivity contribution in [2.75, 3.05) is 13.1 Å². The number of nitrogens with one attached hydrogen (secondary N) is 3. The maximum atomic E-state index is 12.8. The fourth-order valence-corrected chi connectivity index (χ4v) is 3.84. The Labute approximate surface area is 231 Å². The fraction of sp³-hybridized carbons (Fsp3) is 0.500. The summed E-state index contributed by atoms with van der Waals surface area (Å²) in [5.74, 6) is -1.68. The Balaban J connectivity index is 2.06. The van der Waals surface area contributed by atoms with Crippen LogP contribution < -0.4 is 16.0 Å². The Hall–Kier alpha value is -3.19. The van der Waals surface area contributed by atoms with E-state index in [1.165, 1.54) is 0 Å². The highest BCUT2D eigenvalue weighted by Crippen LogP contribution is 2.20. The predicted octanol–water partition coefficient (Wildman–Crippen LogP) is 2.08. The molecule has 0 saturated heterocycles. The van der Waals surface area contributed by atoms with Crippen LogP contribution in [0.15, 0.2) is 60.7 Å². The van der Waals surface area contributed by atoms with Gasteiger partial charge in [0.25, 0.3) is 5.91 Å². The minimum Gasteiger partial charge on any atom is -0.444 e. The fourth-order valence-electron chi connectivity index (χ4n) is 3.84. The van der Waals surface area contributed by atoms with E-state index in [9.17, 15) is 38.1 Å². The highest BCUT2D eigenvalue weighted by atomic mass is 19.4. The lowest BCUT2D eigenvalue weighted by molar-refractivity contribution is -0.205. The number of amides is 2. The zero-order chi connectivity index (χ0) is 29.9. The number of hydrogen-bond donors (Lipinski definition) is 6. The Bertz CT molecular complexity index is 1050. The van der Waals surface area contributed by atoms with Crippen molar-refractivity contribution < 1.29 is 42.8 Å². The van der Waals surface area contributed by atoms with E-state index in [1.54, 1.807) is 51.1 Å². The van der Waals surface area contributed by atoms with Gasteiger partial charge in [0.15, 0.2) is 0 Å². The highest BCUT2D eigenvalue weighted by Gasteiger charge is 2.44. The Morgan fingerprint density at radius 1 is 0.775 bits per heavy atom. The molecule has 12 heteroatoms. The van der Waals surface area contributed by atoms with Gasteiger partial charge in [0.05, 0.1) is 24.3 Å². The van der Waals surface area contributed by atoms with Crippen molar-refractivity contribution in [3.05, 3.63) is 71.8 Å². The second kappa shape index (κ2) is 15.0. The molecule has 0 bridgehead atoms. The van der Waals surface area contributed by atoms with Crippen LogP contribution in [0.3, 0.4) is 0 Å². The van der Waals surface area contributed by atoms with Gasteiger partial charge >= 0.3 is 12.3 Å². The molecular weight excluding hydrogens is 531 g/mol. The smallest absolute Gasteiger partial charge is 0.423 e. The summed E-state index contributed by atoms with van der Waals surface area (Å²) in [4.78, 5) is 24.4. The molecular formula is C28H38F3N3O6. The standard InChI is InChI=1S/C28H38F3N3O6/c1-27(2,3)40-26(39)34-21(15-19-12-8-5-9-13-19)23(36)17-32-16-22(35)20(14-18-10-6-4-7-11-18)33-25(38)24(37)28(29,30)31/h4-13,20-24,32,35-37H,14-17H2,1-3H3,(H,33,38)(H,34,39)/t20-,21-,22+,23+,24?/m0/s1. The van der Waals surface area contributed by atoms with Crippen LogP contribution in [0, 0.1) is 0 Å². The minimum atomic E-state index is -5.16. The number of alkyl halides is 3. The van der Waals surface area contributed by atoms with Gasteiger partial charge in [0, 0.05) is 13.1 Å². The maximum absolute atomic E-state index is 12.8. The Kier molecular flexibility index (Phi) is 12.4. The van der Waals surface area contributed by atoms with Crippen LogP contribution in [-0.4, -0.2) is 82.6 Å². The summed E-state index contributed by atoms with van der Waals surface area (Å²) in [7, 11) is 0. The normalized spacial score (nSPS) is 15.8.